The number of benzene rings is 3. The molecular weight excluding hydrogens is 424 g/mol. The van der Waals surface area contributed by atoms with E-state index < -0.39 is 15.9 Å². The van der Waals surface area contributed by atoms with Crippen molar-refractivity contribution < 1.29 is 17.9 Å². The zero-order chi connectivity index (χ0) is 21.6. The number of carbonyl (C=O) groups is 1. The Morgan fingerprint density at radius 1 is 1.00 bits per heavy atom. The van der Waals surface area contributed by atoms with Crippen molar-refractivity contribution in [3.63, 3.8) is 0 Å². The van der Waals surface area contributed by atoms with Crippen LogP contribution in [0, 0.1) is 0 Å². The van der Waals surface area contributed by atoms with E-state index in [-0.39, 0.29) is 17.1 Å². The SMILES string of the molecule is COc1ccc(S(=O)(=O)NCCc2ccccc2)cc1NC(=O)c1cccc(Cl)c1. The first-order valence-electron chi connectivity index (χ1n) is 9.17. The number of nitrogens with one attached hydrogen (secondary N) is 2. The lowest BCUT2D eigenvalue weighted by Gasteiger charge is -2.13. The fraction of sp³-hybridized carbons (Fsp3) is 0.136. The molecule has 2 N–H and O–H groups in total. The van der Waals surface area contributed by atoms with E-state index in [4.69, 9.17) is 16.3 Å². The van der Waals surface area contributed by atoms with Gasteiger partial charge in [-0.15, -0.1) is 0 Å². The lowest BCUT2D eigenvalue weighted by molar-refractivity contribution is 0.102. The molecule has 30 heavy (non-hydrogen) atoms. The molecule has 0 atom stereocenters. The molecule has 0 aromatic heterocycles. The molecule has 3 aromatic carbocycles. The predicted octanol–water partition coefficient (Wildman–Crippen LogP) is 4.12. The summed E-state index contributed by atoms with van der Waals surface area (Å²) in [6.45, 7) is 0.253. The van der Waals surface area contributed by atoms with E-state index in [9.17, 15) is 13.2 Å². The molecule has 0 fully saturated rings. The Morgan fingerprint density at radius 2 is 1.77 bits per heavy atom. The average molecular weight is 445 g/mol. The van der Waals surface area contributed by atoms with Crippen LogP contribution in [0.1, 0.15) is 15.9 Å². The molecule has 1 amide bonds. The Labute approximate surface area is 180 Å². The Hall–Kier alpha value is -2.87. The van der Waals surface area contributed by atoms with Crippen LogP contribution in [0.15, 0.2) is 77.7 Å². The Kier molecular flexibility index (Phi) is 7.10. The highest BCUT2D eigenvalue weighted by Crippen LogP contribution is 2.28. The van der Waals surface area contributed by atoms with E-state index in [0.29, 0.717) is 22.8 Å². The molecule has 0 heterocycles. The van der Waals surface area contributed by atoms with Crippen molar-refractivity contribution in [2.24, 2.45) is 0 Å². The molecule has 0 saturated carbocycles. The number of hydrogen-bond donors (Lipinski definition) is 2. The van der Waals surface area contributed by atoms with Gasteiger partial charge in [-0.3, -0.25) is 4.79 Å². The molecule has 8 heteroatoms. The van der Waals surface area contributed by atoms with Crippen LogP contribution in [0.4, 0.5) is 5.69 Å². The third-order valence-electron chi connectivity index (χ3n) is 4.36. The van der Waals surface area contributed by atoms with Gasteiger partial charge < -0.3 is 10.1 Å². The van der Waals surface area contributed by atoms with Gasteiger partial charge in [-0.2, -0.15) is 0 Å². The Bertz CT molecular complexity index is 1130. The summed E-state index contributed by atoms with van der Waals surface area (Å²) in [6.07, 6.45) is 0.564. The van der Waals surface area contributed by atoms with Crippen molar-refractivity contribution in [2.45, 2.75) is 11.3 Å². The van der Waals surface area contributed by atoms with Crippen molar-refractivity contribution in [2.75, 3.05) is 19.0 Å². The summed E-state index contributed by atoms with van der Waals surface area (Å²) >= 11 is 5.94. The first-order chi connectivity index (χ1) is 14.4. The summed E-state index contributed by atoms with van der Waals surface area (Å²) < 4.78 is 33.2. The molecule has 0 bridgehead atoms. The number of carbonyl (C=O) groups excluding carboxylic acids is 1. The summed E-state index contributed by atoms with van der Waals surface area (Å²) in [4.78, 5) is 12.6. The van der Waals surface area contributed by atoms with E-state index in [1.54, 1.807) is 18.2 Å². The van der Waals surface area contributed by atoms with E-state index in [1.165, 1.54) is 31.4 Å². The molecule has 0 saturated heterocycles. The molecule has 0 aliphatic heterocycles. The standard InChI is InChI=1S/C22H21ClN2O4S/c1-29-21-11-10-19(30(27,28)24-13-12-16-6-3-2-4-7-16)15-20(21)25-22(26)17-8-5-9-18(23)14-17/h2-11,14-15,24H,12-13H2,1H3,(H,25,26). The first-order valence-corrected chi connectivity index (χ1v) is 11.0. The van der Waals surface area contributed by atoms with E-state index in [2.05, 4.69) is 10.0 Å². The van der Waals surface area contributed by atoms with Crippen molar-refractivity contribution in [3.05, 3.63) is 88.9 Å². The minimum absolute atomic E-state index is 0.0257. The van der Waals surface area contributed by atoms with Gasteiger partial charge in [0.05, 0.1) is 17.7 Å². The van der Waals surface area contributed by atoms with Gasteiger partial charge in [-0.25, -0.2) is 13.1 Å². The van der Waals surface area contributed by atoms with Crippen molar-refractivity contribution in [1.29, 1.82) is 0 Å². The van der Waals surface area contributed by atoms with Gasteiger partial charge in [0, 0.05) is 17.1 Å². The molecule has 3 rings (SSSR count). The van der Waals surface area contributed by atoms with Crippen LogP contribution in [0.3, 0.4) is 0 Å². The fourth-order valence-electron chi connectivity index (χ4n) is 2.83. The number of anilines is 1. The molecule has 156 valence electrons. The third kappa shape index (κ3) is 5.60. The Balaban J connectivity index is 1.76. The minimum atomic E-state index is -3.76. The van der Waals surface area contributed by atoms with Crippen LogP contribution >= 0.6 is 11.6 Å². The third-order valence-corrected chi connectivity index (χ3v) is 6.06. The van der Waals surface area contributed by atoms with Crippen LogP contribution < -0.4 is 14.8 Å². The number of methoxy groups -OCH3 is 1. The summed E-state index contributed by atoms with van der Waals surface area (Å²) in [5, 5.41) is 3.11. The second kappa shape index (κ2) is 9.75. The second-order valence-electron chi connectivity index (χ2n) is 6.46. The van der Waals surface area contributed by atoms with Gasteiger partial charge in [-0.05, 0) is 48.4 Å². The Morgan fingerprint density at radius 3 is 2.47 bits per heavy atom. The fourth-order valence-corrected chi connectivity index (χ4v) is 4.08. The zero-order valence-corrected chi connectivity index (χ0v) is 17.8. The highest BCUT2D eigenvalue weighted by atomic mass is 35.5. The number of rotatable bonds is 8. The number of hydrogen-bond acceptors (Lipinski definition) is 4. The topological polar surface area (TPSA) is 84.5 Å². The van der Waals surface area contributed by atoms with E-state index >= 15 is 0 Å². The summed E-state index contributed by atoms with van der Waals surface area (Å²) in [7, 11) is -2.32. The van der Waals surface area contributed by atoms with Crippen LogP contribution in [-0.2, 0) is 16.4 Å². The van der Waals surface area contributed by atoms with Crippen LogP contribution in [0.25, 0.3) is 0 Å². The van der Waals surface area contributed by atoms with Crippen LogP contribution in [0.2, 0.25) is 5.02 Å². The van der Waals surface area contributed by atoms with Crippen LogP contribution in [-0.4, -0.2) is 28.0 Å². The maximum absolute atomic E-state index is 12.7. The highest BCUT2D eigenvalue weighted by Gasteiger charge is 2.18. The molecule has 0 aliphatic rings. The molecule has 0 spiro atoms. The zero-order valence-electron chi connectivity index (χ0n) is 16.3. The van der Waals surface area contributed by atoms with Gasteiger partial charge in [0.1, 0.15) is 5.75 Å². The first kappa shape index (κ1) is 21.8. The van der Waals surface area contributed by atoms with E-state index in [0.717, 1.165) is 5.56 Å². The van der Waals surface area contributed by atoms with Crippen LogP contribution in [0.5, 0.6) is 5.75 Å². The minimum Gasteiger partial charge on any atom is -0.495 e. The molecule has 0 aliphatic carbocycles. The lowest BCUT2D eigenvalue weighted by atomic mass is 10.2. The smallest absolute Gasteiger partial charge is 0.255 e. The average Bonchev–Trinajstić information content (AvgIpc) is 2.74. The normalized spacial score (nSPS) is 11.1. The molecule has 0 radical (unpaired) electrons. The second-order valence-corrected chi connectivity index (χ2v) is 8.66. The number of ether oxygens (including phenoxy) is 1. The van der Waals surface area contributed by atoms with E-state index in [1.807, 2.05) is 30.3 Å². The van der Waals surface area contributed by atoms with Gasteiger partial charge in [-0.1, -0.05) is 48.0 Å². The largest absolute Gasteiger partial charge is 0.495 e. The number of amides is 1. The van der Waals surface area contributed by atoms with Crippen molar-refractivity contribution >= 4 is 33.2 Å². The van der Waals surface area contributed by atoms with Gasteiger partial charge in [0.25, 0.3) is 5.91 Å². The number of halogens is 1. The maximum Gasteiger partial charge on any atom is 0.255 e. The number of sulfonamides is 1. The summed E-state index contributed by atoms with van der Waals surface area (Å²) in [5.41, 5.74) is 1.62. The maximum atomic E-state index is 12.7. The molecule has 0 unspecified atom stereocenters. The molecule has 3 aromatic rings. The predicted molar refractivity (Wildman–Crippen MR) is 118 cm³/mol. The quantitative estimate of drug-likeness (QED) is 0.547. The van der Waals surface area contributed by atoms with Gasteiger partial charge in [0.2, 0.25) is 10.0 Å². The summed E-state index contributed by atoms with van der Waals surface area (Å²) in [6, 6.07) is 20.3. The summed E-state index contributed by atoms with van der Waals surface area (Å²) in [5.74, 6) is -0.0870. The highest BCUT2D eigenvalue weighted by molar-refractivity contribution is 7.89. The van der Waals surface area contributed by atoms with Crippen molar-refractivity contribution in [3.8, 4) is 5.75 Å². The molecular formula is C22H21ClN2O4S. The molecule has 6 nitrogen and oxygen atoms in total. The lowest BCUT2D eigenvalue weighted by Crippen LogP contribution is -2.26. The van der Waals surface area contributed by atoms with Gasteiger partial charge in [0.15, 0.2) is 0 Å². The van der Waals surface area contributed by atoms with Gasteiger partial charge >= 0.3 is 0 Å². The van der Waals surface area contributed by atoms with Crippen molar-refractivity contribution in [1.82, 2.24) is 4.72 Å². The monoisotopic (exact) mass is 444 g/mol.